The average molecular weight is 295 g/mol. The standard InChI is InChI=1S/C12H13N3O4S/c1-9-8-12(13-19-9)14-20(16,17)15-6-7-18-11-5-3-2-4-10(11)15/h2-5,8H,6-7H2,1H3,(H,13,14). The Bertz CT molecular complexity index is 726. The van der Waals surface area contributed by atoms with E-state index in [2.05, 4.69) is 9.88 Å². The summed E-state index contributed by atoms with van der Waals surface area (Å²) in [5.74, 6) is 1.23. The number of aromatic nitrogens is 1. The number of nitrogens with zero attached hydrogens (tertiary/aromatic N) is 2. The summed E-state index contributed by atoms with van der Waals surface area (Å²) in [4.78, 5) is 0. The molecule has 0 bridgehead atoms. The molecule has 0 atom stereocenters. The Morgan fingerprint density at radius 3 is 2.90 bits per heavy atom. The Morgan fingerprint density at radius 2 is 2.15 bits per heavy atom. The van der Waals surface area contributed by atoms with E-state index < -0.39 is 10.2 Å². The van der Waals surface area contributed by atoms with E-state index in [-0.39, 0.29) is 12.4 Å². The van der Waals surface area contributed by atoms with Crippen molar-refractivity contribution in [3.05, 3.63) is 36.1 Å². The van der Waals surface area contributed by atoms with E-state index in [1.54, 1.807) is 31.2 Å². The van der Waals surface area contributed by atoms with Crippen molar-refractivity contribution in [2.75, 3.05) is 22.2 Å². The fourth-order valence-corrected chi connectivity index (χ4v) is 3.19. The first-order valence-electron chi connectivity index (χ1n) is 6.02. The summed E-state index contributed by atoms with van der Waals surface area (Å²) in [5.41, 5.74) is 0.506. The van der Waals surface area contributed by atoms with Crippen molar-refractivity contribution < 1.29 is 17.7 Å². The van der Waals surface area contributed by atoms with Crippen molar-refractivity contribution in [3.63, 3.8) is 0 Å². The second-order valence-electron chi connectivity index (χ2n) is 4.32. The molecule has 0 amide bonds. The number of rotatable bonds is 3. The van der Waals surface area contributed by atoms with E-state index in [1.165, 1.54) is 10.4 Å². The third-order valence-electron chi connectivity index (χ3n) is 2.84. The van der Waals surface area contributed by atoms with Crippen LogP contribution in [-0.4, -0.2) is 26.7 Å². The van der Waals surface area contributed by atoms with E-state index >= 15 is 0 Å². The molecule has 0 spiro atoms. The minimum Gasteiger partial charge on any atom is -0.489 e. The lowest BCUT2D eigenvalue weighted by Crippen LogP contribution is -2.41. The summed E-state index contributed by atoms with van der Waals surface area (Å²) in [6.45, 7) is 2.23. The van der Waals surface area contributed by atoms with Crippen LogP contribution in [0.25, 0.3) is 0 Å². The highest BCUT2D eigenvalue weighted by Gasteiger charge is 2.28. The molecule has 1 N–H and O–H groups in total. The zero-order valence-electron chi connectivity index (χ0n) is 10.7. The van der Waals surface area contributed by atoms with Gasteiger partial charge in [-0.15, -0.1) is 0 Å². The number of anilines is 2. The highest BCUT2D eigenvalue weighted by molar-refractivity contribution is 7.94. The maximum absolute atomic E-state index is 12.4. The summed E-state index contributed by atoms with van der Waals surface area (Å²) in [7, 11) is -3.76. The minimum atomic E-state index is -3.76. The van der Waals surface area contributed by atoms with Crippen molar-refractivity contribution in [1.29, 1.82) is 0 Å². The van der Waals surface area contributed by atoms with Crippen LogP contribution in [0, 0.1) is 6.92 Å². The molecule has 2 heterocycles. The van der Waals surface area contributed by atoms with Gasteiger partial charge in [-0.1, -0.05) is 17.3 Å². The van der Waals surface area contributed by atoms with Crippen molar-refractivity contribution in [1.82, 2.24) is 5.16 Å². The molecule has 0 saturated heterocycles. The van der Waals surface area contributed by atoms with Crippen LogP contribution in [0.4, 0.5) is 11.5 Å². The third-order valence-corrected chi connectivity index (χ3v) is 4.26. The van der Waals surface area contributed by atoms with Crippen molar-refractivity contribution in [2.24, 2.45) is 0 Å². The predicted molar refractivity (Wildman–Crippen MR) is 73.1 cm³/mol. The quantitative estimate of drug-likeness (QED) is 0.928. The lowest BCUT2D eigenvalue weighted by molar-refractivity contribution is 0.316. The second kappa shape index (κ2) is 4.71. The molecule has 1 aliphatic rings. The fourth-order valence-electron chi connectivity index (χ4n) is 2.00. The van der Waals surface area contributed by atoms with Crippen LogP contribution in [0.5, 0.6) is 5.75 Å². The SMILES string of the molecule is Cc1cc(NS(=O)(=O)N2CCOc3ccccc32)no1. The van der Waals surface area contributed by atoms with Crippen molar-refractivity contribution in [3.8, 4) is 5.75 Å². The Labute approximate surface area is 116 Å². The molecule has 0 radical (unpaired) electrons. The molecule has 8 heteroatoms. The van der Waals surface area contributed by atoms with Gasteiger partial charge in [-0.3, -0.25) is 0 Å². The number of aryl methyl sites for hydroxylation is 1. The van der Waals surface area contributed by atoms with Crippen LogP contribution < -0.4 is 13.8 Å². The maximum atomic E-state index is 12.4. The van der Waals surface area contributed by atoms with Gasteiger partial charge in [-0.25, -0.2) is 9.03 Å². The third kappa shape index (κ3) is 2.29. The molecular formula is C12H13N3O4S. The van der Waals surface area contributed by atoms with E-state index in [4.69, 9.17) is 9.26 Å². The molecule has 0 fully saturated rings. The lowest BCUT2D eigenvalue weighted by atomic mass is 10.2. The topological polar surface area (TPSA) is 84.7 Å². The van der Waals surface area contributed by atoms with E-state index in [0.717, 1.165) is 0 Å². The zero-order valence-corrected chi connectivity index (χ0v) is 11.6. The molecule has 1 aliphatic heterocycles. The van der Waals surface area contributed by atoms with Crippen LogP contribution in [0.2, 0.25) is 0 Å². The van der Waals surface area contributed by atoms with Gasteiger partial charge < -0.3 is 9.26 Å². The number of hydrogen-bond donors (Lipinski definition) is 1. The van der Waals surface area contributed by atoms with Gasteiger partial charge in [0, 0.05) is 6.07 Å². The van der Waals surface area contributed by atoms with Gasteiger partial charge in [-0.05, 0) is 19.1 Å². The van der Waals surface area contributed by atoms with Gasteiger partial charge in [0.2, 0.25) is 0 Å². The molecule has 7 nitrogen and oxygen atoms in total. The first-order chi connectivity index (χ1) is 9.56. The number of fused-ring (bicyclic) bond motifs is 1. The summed E-state index contributed by atoms with van der Waals surface area (Å²) in [6, 6.07) is 8.50. The number of para-hydroxylation sites is 2. The van der Waals surface area contributed by atoms with Crippen LogP contribution >= 0.6 is 0 Å². The fraction of sp³-hybridized carbons (Fsp3) is 0.250. The van der Waals surface area contributed by atoms with Crippen molar-refractivity contribution in [2.45, 2.75) is 6.92 Å². The van der Waals surface area contributed by atoms with E-state index in [9.17, 15) is 8.42 Å². The van der Waals surface area contributed by atoms with Crippen LogP contribution in [0.15, 0.2) is 34.9 Å². The van der Waals surface area contributed by atoms with Crippen molar-refractivity contribution >= 4 is 21.7 Å². The highest BCUT2D eigenvalue weighted by Crippen LogP contribution is 2.33. The Hall–Kier alpha value is -2.22. The molecule has 0 saturated carbocycles. The van der Waals surface area contributed by atoms with Gasteiger partial charge in [0.25, 0.3) is 0 Å². The normalized spacial score (nSPS) is 14.6. The smallest absolute Gasteiger partial charge is 0.325 e. The monoisotopic (exact) mass is 295 g/mol. The molecule has 3 rings (SSSR count). The van der Waals surface area contributed by atoms with E-state index in [1.807, 2.05) is 0 Å². The van der Waals surface area contributed by atoms with E-state index in [0.29, 0.717) is 23.8 Å². The number of nitrogens with one attached hydrogen (secondary N) is 1. The first-order valence-corrected chi connectivity index (χ1v) is 7.46. The molecule has 0 aliphatic carbocycles. The number of hydrogen-bond acceptors (Lipinski definition) is 5. The van der Waals surface area contributed by atoms with Crippen LogP contribution in [0.1, 0.15) is 5.76 Å². The molecule has 2 aromatic rings. The largest absolute Gasteiger partial charge is 0.489 e. The molecule has 1 aromatic carbocycles. The summed E-state index contributed by atoms with van der Waals surface area (Å²) in [5, 5.41) is 3.63. The lowest BCUT2D eigenvalue weighted by Gasteiger charge is -2.29. The number of benzene rings is 1. The second-order valence-corrected chi connectivity index (χ2v) is 5.91. The predicted octanol–water partition coefficient (Wildman–Crippen LogP) is 1.54. The molecular weight excluding hydrogens is 282 g/mol. The van der Waals surface area contributed by atoms with Gasteiger partial charge in [0.1, 0.15) is 18.1 Å². The van der Waals surface area contributed by atoms with Gasteiger partial charge in [0.15, 0.2) is 5.82 Å². The maximum Gasteiger partial charge on any atom is 0.325 e. The number of ether oxygens (including phenoxy) is 1. The minimum absolute atomic E-state index is 0.159. The van der Waals surface area contributed by atoms with Gasteiger partial charge in [-0.2, -0.15) is 8.42 Å². The Kier molecular flexibility index (Phi) is 3.01. The molecule has 0 unspecified atom stereocenters. The first kappa shape index (κ1) is 12.8. The van der Waals surface area contributed by atoms with Gasteiger partial charge >= 0.3 is 10.2 Å². The van der Waals surface area contributed by atoms with Gasteiger partial charge in [0.05, 0.1) is 12.2 Å². The molecule has 106 valence electrons. The molecule has 20 heavy (non-hydrogen) atoms. The molecule has 1 aromatic heterocycles. The Morgan fingerprint density at radius 1 is 1.35 bits per heavy atom. The Balaban J connectivity index is 1.92. The average Bonchev–Trinajstić information content (AvgIpc) is 2.82. The summed E-state index contributed by atoms with van der Waals surface area (Å²) < 4.78 is 38.7. The highest BCUT2D eigenvalue weighted by atomic mass is 32.2. The summed E-state index contributed by atoms with van der Waals surface area (Å²) >= 11 is 0. The summed E-state index contributed by atoms with van der Waals surface area (Å²) in [6.07, 6.45) is 0. The van der Waals surface area contributed by atoms with Crippen LogP contribution in [0.3, 0.4) is 0 Å². The zero-order chi connectivity index (χ0) is 14.2. The van der Waals surface area contributed by atoms with Crippen LogP contribution in [-0.2, 0) is 10.2 Å².